The summed E-state index contributed by atoms with van der Waals surface area (Å²) >= 11 is 0. The Morgan fingerprint density at radius 1 is 1.28 bits per heavy atom. The highest BCUT2D eigenvalue weighted by Crippen LogP contribution is 2.36. The molecular weight excluding hydrogens is 226 g/mol. The molecule has 2 aromatic rings. The summed E-state index contributed by atoms with van der Waals surface area (Å²) in [5, 5.41) is 12.2. The van der Waals surface area contributed by atoms with Crippen molar-refractivity contribution >= 4 is 16.5 Å². The number of anilines is 1. The van der Waals surface area contributed by atoms with Crippen molar-refractivity contribution in [3.63, 3.8) is 0 Å². The van der Waals surface area contributed by atoms with E-state index < -0.39 is 0 Å². The Hall–Kier alpha value is -1.68. The molecule has 0 amide bonds. The van der Waals surface area contributed by atoms with Gasteiger partial charge in [-0.05, 0) is 39.0 Å². The number of hydrogen-bond donors (Lipinski definition) is 2. The molecular formula is C14H19N3O. The van der Waals surface area contributed by atoms with Gasteiger partial charge < -0.3 is 20.3 Å². The fourth-order valence-electron chi connectivity index (χ4n) is 2.85. The van der Waals surface area contributed by atoms with E-state index in [9.17, 15) is 5.11 Å². The number of likely N-dealkylation sites (tertiary alicyclic amines) is 1. The van der Waals surface area contributed by atoms with Crippen LogP contribution in [-0.4, -0.2) is 34.7 Å². The van der Waals surface area contributed by atoms with Crippen molar-refractivity contribution in [2.45, 2.75) is 18.9 Å². The van der Waals surface area contributed by atoms with Crippen LogP contribution in [-0.2, 0) is 0 Å². The zero-order chi connectivity index (χ0) is 12.7. The minimum atomic E-state index is 0.317. The average Bonchev–Trinajstić information content (AvgIpc) is 2.69. The van der Waals surface area contributed by atoms with E-state index in [0.29, 0.717) is 17.6 Å². The Morgan fingerprint density at radius 3 is 2.67 bits per heavy atom. The van der Waals surface area contributed by atoms with Crippen LogP contribution < -0.4 is 5.73 Å². The Bertz CT molecular complexity index is 568. The quantitative estimate of drug-likeness (QED) is 0.757. The first kappa shape index (κ1) is 11.4. The molecule has 1 fully saturated rings. The van der Waals surface area contributed by atoms with Crippen LogP contribution in [0.2, 0.25) is 0 Å². The molecule has 3 rings (SSSR count). The van der Waals surface area contributed by atoms with Gasteiger partial charge in [-0.25, -0.2) is 0 Å². The first-order valence-electron chi connectivity index (χ1n) is 6.43. The average molecular weight is 245 g/mol. The van der Waals surface area contributed by atoms with Gasteiger partial charge in [-0.3, -0.25) is 0 Å². The van der Waals surface area contributed by atoms with E-state index in [1.807, 2.05) is 29.0 Å². The predicted molar refractivity (Wildman–Crippen MR) is 73.8 cm³/mol. The Labute approximate surface area is 107 Å². The van der Waals surface area contributed by atoms with E-state index in [4.69, 9.17) is 5.73 Å². The maximum atomic E-state index is 10.4. The zero-order valence-corrected chi connectivity index (χ0v) is 10.6. The second kappa shape index (κ2) is 4.21. The third kappa shape index (κ3) is 1.73. The molecule has 0 unspecified atom stereocenters. The summed E-state index contributed by atoms with van der Waals surface area (Å²) in [7, 11) is 2.14. The van der Waals surface area contributed by atoms with E-state index >= 15 is 0 Å². The summed E-state index contributed by atoms with van der Waals surface area (Å²) in [6, 6.07) is 6.14. The fraction of sp³-hybridized carbons (Fsp3) is 0.429. The lowest BCUT2D eigenvalue weighted by Gasteiger charge is -2.30. The number of benzene rings is 1. The zero-order valence-electron chi connectivity index (χ0n) is 10.6. The molecule has 0 saturated carbocycles. The molecule has 0 atom stereocenters. The molecule has 3 N–H and O–H groups in total. The van der Waals surface area contributed by atoms with E-state index in [-0.39, 0.29) is 0 Å². The van der Waals surface area contributed by atoms with Crippen molar-refractivity contribution in [1.29, 1.82) is 0 Å². The highest BCUT2D eigenvalue weighted by atomic mass is 16.3. The molecule has 1 saturated heterocycles. The Kier molecular flexibility index (Phi) is 2.67. The highest BCUT2D eigenvalue weighted by Gasteiger charge is 2.22. The van der Waals surface area contributed by atoms with Gasteiger partial charge in [-0.15, -0.1) is 0 Å². The standard InChI is InChI=1S/C14H19N3O/c1-16-7-5-11(6-8-16)17-9-10-3-2-4-12(15)13(10)14(17)18/h2-4,9,11,18H,5-8,15H2,1H3. The molecule has 1 aliphatic heterocycles. The van der Waals surface area contributed by atoms with Crippen LogP contribution in [0.15, 0.2) is 24.4 Å². The first-order valence-corrected chi connectivity index (χ1v) is 6.43. The molecule has 1 aliphatic rings. The number of rotatable bonds is 1. The topological polar surface area (TPSA) is 54.4 Å². The normalized spacial score (nSPS) is 18.5. The van der Waals surface area contributed by atoms with Crippen LogP contribution in [0.4, 0.5) is 5.69 Å². The van der Waals surface area contributed by atoms with Crippen LogP contribution in [0, 0.1) is 0 Å². The van der Waals surface area contributed by atoms with Gasteiger partial charge in [0.25, 0.3) is 0 Å². The second-order valence-electron chi connectivity index (χ2n) is 5.21. The maximum Gasteiger partial charge on any atom is 0.201 e. The number of nitrogen functional groups attached to an aromatic ring is 1. The number of hydrogen-bond acceptors (Lipinski definition) is 3. The summed E-state index contributed by atoms with van der Waals surface area (Å²) < 4.78 is 1.99. The van der Waals surface area contributed by atoms with Crippen LogP contribution in [0.3, 0.4) is 0 Å². The summed E-state index contributed by atoms with van der Waals surface area (Å²) in [4.78, 5) is 2.32. The SMILES string of the molecule is CN1CCC(n2cc3cccc(N)c3c2O)CC1. The Morgan fingerprint density at radius 2 is 2.00 bits per heavy atom. The van der Waals surface area contributed by atoms with E-state index in [2.05, 4.69) is 11.9 Å². The van der Waals surface area contributed by atoms with Gasteiger partial charge in [0.05, 0.1) is 5.39 Å². The van der Waals surface area contributed by atoms with Crippen molar-refractivity contribution in [3.05, 3.63) is 24.4 Å². The first-order chi connectivity index (χ1) is 8.66. The number of aromatic nitrogens is 1. The molecule has 0 bridgehead atoms. The highest BCUT2D eigenvalue weighted by molar-refractivity contribution is 5.97. The number of nitrogens with two attached hydrogens (primary N) is 1. The van der Waals surface area contributed by atoms with Crippen LogP contribution in [0.5, 0.6) is 5.88 Å². The largest absolute Gasteiger partial charge is 0.494 e. The van der Waals surface area contributed by atoms with Crippen molar-refractivity contribution in [3.8, 4) is 5.88 Å². The number of piperidine rings is 1. The molecule has 18 heavy (non-hydrogen) atoms. The summed E-state index contributed by atoms with van der Waals surface area (Å²) in [6.07, 6.45) is 4.17. The van der Waals surface area contributed by atoms with Gasteiger partial charge in [0.1, 0.15) is 0 Å². The molecule has 1 aromatic heterocycles. The minimum absolute atomic E-state index is 0.317. The number of fused-ring (bicyclic) bond motifs is 1. The second-order valence-corrected chi connectivity index (χ2v) is 5.21. The van der Waals surface area contributed by atoms with E-state index in [1.165, 1.54) is 0 Å². The maximum absolute atomic E-state index is 10.4. The molecule has 1 aromatic carbocycles. The van der Waals surface area contributed by atoms with E-state index in [0.717, 1.165) is 36.7 Å². The van der Waals surface area contributed by atoms with Crippen LogP contribution in [0.1, 0.15) is 18.9 Å². The van der Waals surface area contributed by atoms with Gasteiger partial charge in [0.2, 0.25) is 5.88 Å². The van der Waals surface area contributed by atoms with Gasteiger partial charge >= 0.3 is 0 Å². The number of aromatic hydroxyl groups is 1. The number of nitrogens with zero attached hydrogens (tertiary/aromatic N) is 2. The lowest BCUT2D eigenvalue weighted by Crippen LogP contribution is -2.31. The van der Waals surface area contributed by atoms with Crippen LogP contribution in [0.25, 0.3) is 10.8 Å². The molecule has 96 valence electrons. The van der Waals surface area contributed by atoms with Crippen molar-refractivity contribution in [2.24, 2.45) is 0 Å². The molecule has 2 heterocycles. The summed E-state index contributed by atoms with van der Waals surface area (Å²) in [5.74, 6) is 0.317. The van der Waals surface area contributed by atoms with Crippen LogP contribution >= 0.6 is 0 Å². The predicted octanol–water partition coefficient (Wildman–Crippen LogP) is 2.20. The van der Waals surface area contributed by atoms with E-state index in [1.54, 1.807) is 0 Å². The minimum Gasteiger partial charge on any atom is -0.494 e. The third-order valence-electron chi connectivity index (χ3n) is 3.96. The molecule has 0 radical (unpaired) electrons. The van der Waals surface area contributed by atoms with Gasteiger partial charge in [-0.2, -0.15) is 0 Å². The fourth-order valence-corrected chi connectivity index (χ4v) is 2.85. The van der Waals surface area contributed by atoms with Gasteiger partial charge in [0.15, 0.2) is 0 Å². The lowest BCUT2D eigenvalue weighted by atomic mass is 10.1. The van der Waals surface area contributed by atoms with Crippen molar-refractivity contribution in [1.82, 2.24) is 9.47 Å². The smallest absolute Gasteiger partial charge is 0.201 e. The third-order valence-corrected chi connectivity index (χ3v) is 3.96. The molecule has 0 spiro atoms. The summed E-state index contributed by atoms with van der Waals surface area (Å²) in [5.41, 5.74) is 6.59. The van der Waals surface area contributed by atoms with Crippen molar-refractivity contribution < 1.29 is 5.11 Å². The lowest BCUT2D eigenvalue weighted by molar-refractivity contribution is 0.213. The monoisotopic (exact) mass is 245 g/mol. The summed E-state index contributed by atoms with van der Waals surface area (Å²) in [6.45, 7) is 2.15. The van der Waals surface area contributed by atoms with Crippen molar-refractivity contribution in [2.75, 3.05) is 25.9 Å². The van der Waals surface area contributed by atoms with Gasteiger partial charge in [0, 0.05) is 23.3 Å². The molecule has 4 nitrogen and oxygen atoms in total. The molecule has 4 heteroatoms. The Balaban J connectivity index is 2.02. The molecule has 0 aliphatic carbocycles. The van der Waals surface area contributed by atoms with Gasteiger partial charge in [-0.1, -0.05) is 12.1 Å².